The van der Waals surface area contributed by atoms with E-state index in [1.54, 1.807) is 0 Å². The molecule has 0 amide bonds. The Balaban J connectivity index is 2.80. The first-order valence-electron chi connectivity index (χ1n) is 7.51. The fourth-order valence-electron chi connectivity index (χ4n) is 2.03. The van der Waals surface area contributed by atoms with Crippen LogP contribution in [-0.4, -0.2) is 23.6 Å². The third-order valence-corrected chi connectivity index (χ3v) is 3.27. The molecule has 3 nitrogen and oxygen atoms in total. The molecule has 0 aliphatic carbocycles. The van der Waals surface area contributed by atoms with Crippen LogP contribution in [0.1, 0.15) is 53.0 Å². The molecule has 1 heterocycles. The van der Waals surface area contributed by atoms with Crippen LogP contribution in [0, 0.1) is 0 Å². The van der Waals surface area contributed by atoms with E-state index >= 15 is 0 Å². The van der Waals surface area contributed by atoms with Crippen LogP contribution in [-0.2, 0) is 6.54 Å². The summed E-state index contributed by atoms with van der Waals surface area (Å²) in [6, 6.07) is 2.03. The summed E-state index contributed by atoms with van der Waals surface area (Å²) in [4.78, 5) is 6.84. The van der Waals surface area contributed by atoms with E-state index in [2.05, 4.69) is 49.8 Å². The molecule has 0 aliphatic heterocycles. The first-order valence-corrected chi connectivity index (χ1v) is 7.89. The zero-order valence-corrected chi connectivity index (χ0v) is 14.2. The molecule has 4 heteroatoms. The van der Waals surface area contributed by atoms with Crippen molar-refractivity contribution in [1.29, 1.82) is 0 Å². The average Bonchev–Trinajstić information content (AvgIpc) is 2.35. The van der Waals surface area contributed by atoms with Crippen LogP contribution < -0.4 is 10.2 Å². The maximum Gasteiger partial charge on any atom is 0.147 e. The minimum Gasteiger partial charge on any atom is -0.355 e. The van der Waals surface area contributed by atoms with E-state index in [0.717, 1.165) is 48.9 Å². The standard InChI is InChI=1S/C16H28ClN3/c1-6-8-20(9-7-2)15-14(17)10-13(11-18-15)12-19-16(3,4)5/h10-11,19H,6-9,12H2,1-5H3. The number of aromatic nitrogens is 1. The van der Waals surface area contributed by atoms with Gasteiger partial charge in [-0.15, -0.1) is 0 Å². The van der Waals surface area contributed by atoms with Crippen molar-refractivity contribution in [2.24, 2.45) is 0 Å². The lowest BCUT2D eigenvalue weighted by Gasteiger charge is -2.24. The monoisotopic (exact) mass is 297 g/mol. The molecular formula is C16H28ClN3. The van der Waals surface area contributed by atoms with Crippen LogP contribution in [0.15, 0.2) is 12.3 Å². The van der Waals surface area contributed by atoms with Crippen LogP contribution >= 0.6 is 11.6 Å². The maximum absolute atomic E-state index is 6.41. The Morgan fingerprint density at radius 2 is 1.80 bits per heavy atom. The van der Waals surface area contributed by atoms with Gasteiger partial charge in [-0.05, 0) is 45.2 Å². The molecular weight excluding hydrogens is 270 g/mol. The average molecular weight is 298 g/mol. The Bertz CT molecular complexity index is 407. The first-order chi connectivity index (χ1) is 9.37. The highest BCUT2D eigenvalue weighted by Gasteiger charge is 2.13. The lowest BCUT2D eigenvalue weighted by Crippen LogP contribution is -2.35. The molecule has 0 spiro atoms. The molecule has 20 heavy (non-hydrogen) atoms. The van der Waals surface area contributed by atoms with Crippen molar-refractivity contribution >= 4 is 17.4 Å². The van der Waals surface area contributed by atoms with Gasteiger partial charge in [0.15, 0.2) is 0 Å². The van der Waals surface area contributed by atoms with E-state index in [0.29, 0.717) is 0 Å². The summed E-state index contributed by atoms with van der Waals surface area (Å²) in [5.74, 6) is 0.912. The van der Waals surface area contributed by atoms with Crippen LogP contribution in [0.2, 0.25) is 5.02 Å². The van der Waals surface area contributed by atoms with Gasteiger partial charge in [0.25, 0.3) is 0 Å². The van der Waals surface area contributed by atoms with E-state index in [9.17, 15) is 0 Å². The number of hydrogen-bond acceptors (Lipinski definition) is 3. The Kier molecular flexibility index (Phi) is 6.77. The lowest BCUT2D eigenvalue weighted by molar-refractivity contribution is 0.424. The van der Waals surface area contributed by atoms with Crippen LogP contribution in [0.5, 0.6) is 0 Å². The van der Waals surface area contributed by atoms with Gasteiger partial charge < -0.3 is 10.2 Å². The number of rotatable bonds is 7. The number of pyridine rings is 1. The minimum absolute atomic E-state index is 0.0988. The van der Waals surface area contributed by atoms with Crippen molar-refractivity contribution in [3.8, 4) is 0 Å². The summed E-state index contributed by atoms with van der Waals surface area (Å²) in [5.41, 5.74) is 1.23. The van der Waals surface area contributed by atoms with Gasteiger partial charge in [-0.25, -0.2) is 4.98 Å². The van der Waals surface area contributed by atoms with Gasteiger partial charge in [-0.3, -0.25) is 0 Å². The number of hydrogen-bond donors (Lipinski definition) is 1. The molecule has 0 radical (unpaired) electrons. The zero-order chi connectivity index (χ0) is 15.2. The molecule has 1 rings (SSSR count). The second kappa shape index (κ2) is 7.84. The van der Waals surface area contributed by atoms with Crippen molar-refractivity contribution < 1.29 is 0 Å². The molecule has 1 aromatic heterocycles. The SMILES string of the molecule is CCCN(CCC)c1ncc(CNC(C)(C)C)cc1Cl. The van der Waals surface area contributed by atoms with Crippen LogP contribution in [0.25, 0.3) is 0 Å². The Hall–Kier alpha value is -0.800. The highest BCUT2D eigenvalue weighted by molar-refractivity contribution is 6.33. The summed E-state index contributed by atoms with van der Waals surface area (Å²) in [7, 11) is 0. The largest absolute Gasteiger partial charge is 0.355 e. The second-order valence-corrected chi connectivity index (χ2v) is 6.65. The van der Waals surface area contributed by atoms with Gasteiger partial charge in [0.2, 0.25) is 0 Å². The highest BCUT2D eigenvalue weighted by atomic mass is 35.5. The van der Waals surface area contributed by atoms with Gasteiger partial charge in [0, 0.05) is 31.4 Å². The molecule has 0 saturated heterocycles. The quantitative estimate of drug-likeness (QED) is 0.815. The molecule has 0 atom stereocenters. The topological polar surface area (TPSA) is 28.2 Å². The van der Waals surface area contributed by atoms with Crippen molar-refractivity contribution in [2.75, 3.05) is 18.0 Å². The molecule has 114 valence electrons. The Morgan fingerprint density at radius 3 is 2.25 bits per heavy atom. The molecule has 0 fully saturated rings. The molecule has 0 aliphatic rings. The maximum atomic E-state index is 6.41. The van der Waals surface area contributed by atoms with Crippen LogP contribution in [0.3, 0.4) is 0 Å². The van der Waals surface area contributed by atoms with Crippen LogP contribution in [0.4, 0.5) is 5.82 Å². The molecule has 1 aromatic rings. The van der Waals surface area contributed by atoms with E-state index in [4.69, 9.17) is 11.6 Å². The van der Waals surface area contributed by atoms with Crippen molar-refractivity contribution in [1.82, 2.24) is 10.3 Å². The van der Waals surface area contributed by atoms with Crippen molar-refractivity contribution in [3.05, 3.63) is 22.8 Å². The fourth-order valence-corrected chi connectivity index (χ4v) is 2.34. The number of nitrogens with zero attached hydrogens (tertiary/aromatic N) is 2. The molecule has 0 bridgehead atoms. The summed E-state index contributed by atoms with van der Waals surface area (Å²) < 4.78 is 0. The van der Waals surface area contributed by atoms with Gasteiger partial charge in [0.05, 0.1) is 5.02 Å². The summed E-state index contributed by atoms with van der Waals surface area (Å²) in [6.07, 6.45) is 4.13. The van der Waals surface area contributed by atoms with Gasteiger partial charge in [-0.1, -0.05) is 25.4 Å². The Morgan fingerprint density at radius 1 is 1.20 bits per heavy atom. The van der Waals surface area contributed by atoms with E-state index in [-0.39, 0.29) is 5.54 Å². The Labute approximate surface area is 128 Å². The van der Waals surface area contributed by atoms with E-state index < -0.39 is 0 Å². The zero-order valence-electron chi connectivity index (χ0n) is 13.5. The lowest BCUT2D eigenvalue weighted by atomic mass is 10.1. The molecule has 0 unspecified atom stereocenters. The normalized spacial score (nSPS) is 11.7. The minimum atomic E-state index is 0.0988. The fraction of sp³-hybridized carbons (Fsp3) is 0.688. The predicted molar refractivity (Wildman–Crippen MR) is 88.6 cm³/mol. The smallest absolute Gasteiger partial charge is 0.147 e. The third kappa shape index (κ3) is 5.68. The van der Waals surface area contributed by atoms with Gasteiger partial charge in [0.1, 0.15) is 5.82 Å². The van der Waals surface area contributed by atoms with Gasteiger partial charge in [-0.2, -0.15) is 0 Å². The van der Waals surface area contributed by atoms with E-state index in [1.807, 2.05) is 12.3 Å². The summed E-state index contributed by atoms with van der Waals surface area (Å²) in [6.45, 7) is 13.6. The van der Waals surface area contributed by atoms with Crippen molar-refractivity contribution in [3.63, 3.8) is 0 Å². The number of halogens is 1. The van der Waals surface area contributed by atoms with Gasteiger partial charge >= 0.3 is 0 Å². The highest BCUT2D eigenvalue weighted by Crippen LogP contribution is 2.24. The summed E-state index contributed by atoms with van der Waals surface area (Å²) >= 11 is 6.41. The third-order valence-electron chi connectivity index (χ3n) is 2.99. The first kappa shape index (κ1) is 17.3. The van der Waals surface area contributed by atoms with Crippen molar-refractivity contribution in [2.45, 2.75) is 59.5 Å². The molecule has 0 aromatic carbocycles. The predicted octanol–water partition coefficient (Wildman–Crippen LogP) is 4.25. The number of nitrogens with one attached hydrogen (secondary N) is 1. The van der Waals surface area contributed by atoms with E-state index in [1.165, 1.54) is 0 Å². The number of anilines is 1. The molecule has 0 saturated carbocycles. The second-order valence-electron chi connectivity index (χ2n) is 6.24. The molecule has 1 N–H and O–H groups in total. The summed E-state index contributed by atoms with van der Waals surface area (Å²) in [5, 5.41) is 4.20.